The standard InChI is InChI=1S/C13H22N2O3S/c1-9-5-6-15(11(9)12(16)17)13(18)14-8-10-4-2-3-7-19-10/h9-11H,2-8H2,1H3,(H,14,18)(H,16,17). The fourth-order valence-electron chi connectivity index (χ4n) is 2.82. The average molecular weight is 286 g/mol. The Hall–Kier alpha value is -0.910. The van der Waals surface area contributed by atoms with Crippen molar-refractivity contribution in [3.8, 4) is 0 Å². The highest BCUT2D eigenvalue weighted by Crippen LogP contribution is 2.26. The molecule has 2 fully saturated rings. The summed E-state index contributed by atoms with van der Waals surface area (Å²) in [6.45, 7) is 3.09. The summed E-state index contributed by atoms with van der Waals surface area (Å²) in [6.07, 6.45) is 4.40. The maximum Gasteiger partial charge on any atom is 0.326 e. The second kappa shape index (κ2) is 6.50. The number of carboxylic acids is 1. The molecule has 5 nitrogen and oxygen atoms in total. The second-order valence-electron chi connectivity index (χ2n) is 5.42. The van der Waals surface area contributed by atoms with Crippen molar-refractivity contribution in [2.45, 2.75) is 43.9 Å². The van der Waals surface area contributed by atoms with Gasteiger partial charge < -0.3 is 15.3 Å². The summed E-state index contributed by atoms with van der Waals surface area (Å²) in [5, 5.41) is 12.6. The number of amides is 2. The van der Waals surface area contributed by atoms with Gasteiger partial charge in [0.25, 0.3) is 0 Å². The molecular weight excluding hydrogens is 264 g/mol. The molecule has 2 heterocycles. The van der Waals surface area contributed by atoms with Crippen molar-refractivity contribution in [3.05, 3.63) is 0 Å². The molecule has 3 atom stereocenters. The minimum Gasteiger partial charge on any atom is -0.480 e. The van der Waals surface area contributed by atoms with Crippen LogP contribution in [-0.4, -0.2) is 52.1 Å². The maximum absolute atomic E-state index is 12.1. The van der Waals surface area contributed by atoms with Gasteiger partial charge in [0, 0.05) is 18.3 Å². The van der Waals surface area contributed by atoms with E-state index in [9.17, 15) is 14.7 Å². The summed E-state index contributed by atoms with van der Waals surface area (Å²) in [5.74, 6) is 0.304. The number of nitrogens with one attached hydrogen (secondary N) is 1. The minimum atomic E-state index is -0.896. The number of carboxylic acid groups (broad SMARTS) is 1. The molecule has 0 aromatic heterocycles. The monoisotopic (exact) mass is 286 g/mol. The summed E-state index contributed by atoms with van der Waals surface area (Å²) < 4.78 is 0. The van der Waals surface area contributed by atoms with E-state index in [2.05, 4.69) is 5.32 Å². The number of carbonyl (C=O) groups excluding carboxylic acids is 1. The molecule has 2 rings (SSSR count). The van der Waals surface area contributed by atoms with Crippen LogP contribution in [0.3, 0.4) is 0 Å². The maximum atomic E-state index is 12.1. The molecule has 0 radical (unpaired) electrons. The Morgan fingerprint density at radius 2 is 2.16 bits per heavy atom. The van der Waals surface area contributed by atoms with E-state index >= 15 is 0 Å². The Balaban J connectivity index is 1.83. The van der Waals surface area contributed by atoms with E-state index < -0.39 is 12.0 Å². The fraction of sp³-hybridized carbons (Fsp3) is 0.846. The average Bonchev–Trinajstić information content (AvgIpc) is 2.79. The topological polar surface area (TPSA) is 69.6 Å². The molecule has 2 aliphatic rings. The zero-order chi connectivity index (χ0) is 13.8. The first-order valence-corrected chi connectivity index (χ1v) is 8.03. The van der Waals surface area contributed by atoms with Crippen LogP contribution in [-0.2, 0) is 4.79 Å². The molecule has 0 saturated carbocycles. The number of aliphatic carboxylic acids is 1. The van der Waals surface area contributed by atoms with E-state index in [0.29, 0.717) is 18.3 Å². The van der Waals surface area contributed by atoms with Crippen molar-refractivity contribution in [1.29, 1.82) is 0 Å². The number of urea groups is 1. The lowest BCUT2D eigenvalue weighted by Crippen LogP contribution is -2.48. The lowest BCUT2D eigenvalue weighted by molar-refractivity contribution is -0.142. The van der Waals surface area contributed by atoms with Crippen molar-refractivity contribution < 1.29 is 14.7 Å². The molecule has 0 aromatic rings. The Bertz CT molecular complexity index is 345. The van der Waals surface area contributed by atoms with Crippen LogP contribution in [0.15, 0.2) is 0 Å². The van der Waals surface area contributed by atoms with Gasteiger partial charge in [-0.05, 0) is 30.9 Å². The van der Waals surface area contributed by atoms with Crippen LogP contribution in [0.1, 0.15) is 32.6 Å². The summed E-state index contributed by atoms with van der Waals surface area (Å²) >= 11 is 1.91. The summed E-state index contributed by atoms with van der Waals surface area (Å²) in [4.78, 5) is 24.8. The van der Waals surface area contributed by atoms with Crippen LogP contribution in [0.5, 0.6) is 0 Å². The lowest BCUT2D eigenvalue weighted by atomic mass is 10.0. The Kier molecular flexibility index (Phi) is 4.96. The first-order valence-electron chi connectivity index (χ1n) is 6.98. The Morgan fingerprint density at radius 1 is 1.37 bits per heavy atom. The first kappa shape index (κ1) is 14.5. The van der Waals surface area contributed by atoms with Gasteiger partial charge in [-0.3, -0.25) is 0 Å². The van der Waals surface area contributed by atoms with Crippen molar-refractivity contribution >= 4 is 23.8 Å². The normalized spacial score (nSPS) is 31.2. The number of nitrogens with zero attached hydrogens (tertiary/aromatic N) is 1. The molecule has 2 saturated heterocycles. The lowest BCUT2D eigenvalue weighted by Gasteiger charge is -2.26. The van der Waals surface area contributed by atoms with Crippen molar-refractivity contribution in [3.63, 3.8) is 0 Å². The van der Waals surface area contributed by atoms with E-state index in [-0.39, 0.29) is 11.9 Å². The Morgan fingerprint density at radius 3 is 2.79 bits per heavy atom. The molecule has 19 heavy (non-hydrogen) atoms. The van der Waals surface area contributed by atoms with Gasteiger partial charge >= 0.3 is 12.0 Å². The zero-order valence-electron chi connectivity index (χ0n) is 11.3. The number of carbonyl (C=O) groups is 2. The van der Waals surface area contributed by atoms with Gasteiger partial charge in [0.05, 0.1) is 0 Å². The van der Waals surface area contributed by atoms with Crippen LogP contribution in [0.25, 0.3) is 0 Å². The van der Waals surface area contributed by atoms with Crippen molar-refractivity contribution in [1.82, 2.24) is 10.2 Å². The van der Waals surface area contributed by atoms with Gasteiger partial charge in [0.2, 0.25) is 0 Å². The number of hydrogen-bond acceptors (Lipinski definition) is 3. The molecule has 0 aliphatic carbocycles. The second-order valence-corrected chi connectivity index (χ2v) is 6.83. The van der Waals surface area contributed by atoms with Crippen molar-refractivity contribution in [2.24, 2.45) is 5.92 Å². The SMILES string of the molecule is CC1CCN(C(=O)NCC2CCCCS2)C1C(=O)O. The number of rotatable bonds is 3. The molecule has 6 heteroatoms. The van der Waals surface area contributed by atoms with E-state index in [1.54, 1.807) is 0 Å². The third-order valence-corrected chi connectivity index (χ3v) is 5.37. The van der Waals surface area contributed by atoms with E-state index in [4.69, 9.17) is 0 Å². The largest absolute Gasteiger partial charge is 0.480 e. The number of thioether (sulfide) groups is 1. The highest BCUT2D eigenvalue weighted by atomic mass is 32.2. The molecule has 2 amide bonds. The van der Waals surface area contributed by atoms with Gasteiger partial charge in [-0.15, -0.1) is 0 Å². The third-order valence-electron chi connectivity index (χ3n) is 3.97. The smallest absolute Gasteiger partial charge is 0.326 e. The van der Waals surface area contributed by atoms with Crippen LogP contribution in [0.2, 0.25) is 0 Å². The quantitative estimate of drug-likeness (QED) is 0.829. The van der Waals surface area contributed by atoms with Gasteiger partial charge in [-0.1, -0.05) is 13.3 Å². The minimum absolute atomic E-state index is 0.0345. The molecule has 2 aliphatic heterocycles. The molecule has 0 aromatic carbocycles. The van der Waals surface area contributed by atoms with Crippen molar-refractivity contribution in [2.75, 3.05) is 18.8 Å². The van der Waals surface area contributed by atoms with Gasteiger partial charge in [0.15, 0.2) is 0 Å². The predicted octanol–water partition coefficient (Wildman–Crippen LogP) is 1.78. The summed E-state index contributed by atoms with van der Waals surface area (Å²) in [7, 11) is 0. The zero-order valence-corrected chi connectivity index (χ0v) is 12.1. The third kappa shape index (κ3) is 3.55. The van der Waals surface area contributed by atoms with Crippen LogP contribution < -0.4 is 5.32 Å². The predicted molar refractivity (Wildman–Crippen MR) is 75.4 cm³/mol. The van der Waals surface area contributed by atoms with Gasteiger partial charge in [-0.2, -0.15) is 11.8 Å². The molecule has 108 valence electrons. The Labute approximate surface area is 118 Å². The van der Waals surface area contributed by atoms with Gasteiger partial charge in [-0.25, -0.2) is 9.59 Å². The molecular formula is C13H22N2O3S. The molecule has 3 unspecified atom stereocenters. The summed E-state index contributed by atoms with van der Waals surface area (Å²) in [6, 6.07) is -0.887. The summed E-state index contributed by atoms with van der Waals surface area (Å²) in [5.41, 5.74) is 0. The van der Waals surface area contributed by atoms with Crippen LogP contribution in [0.4, 0.5) is 4.79 Å². The van der Waals surface area contributed by atoms with E-state index in [0.717, 1.165) is 12.8 Å². The molecule has 0 bridgehead atoms. The highest BCUT2D eigenvalue weighted by molar-refractivity contribution is 7.99. The highest BCUT2D eigenvalue weighted by Gasteiger charge is 2.39. The molecule has 0 spiro atoms. The van der Waals surface area contributed by atoms with Crippen LogP contribution >= 0.6 is 11.8 Å². The first-order chi connectivity index (χ1) is 9.09. The number of hydrogen-bond donors (Lipinski definition) is 2. The molecule has 2 N–H and O–H groups in total. The van der Waals surface area contributed by atoms with E-state index in [1.807, 2.05) is 18.7 Å². The van der Waals surface area contributed by atoms with Gasteiger partial charge in [0.1, 0.15) is 6.04 Å². The van der Waals surface area contributed by atoms with E-state index in [1.165, 1.54) is 23.5 Å². The fourth-order valence-corrected chi connectivity index (χ4v) is 4.06. The van der Waals surface area contributed by atoms with Crippen LogP contribution in [0, 0.1) is 5.92 Å². The number of likely N-dealkylation sites (tertiary alicyclic amines) is 1.